The number of hydrogen-bond donors (Lipinski definition) is 2. The number of fused-ring (bicyclic) bond motifs is 2. The molecule has 0 amide bonds. The van der Waals surface area contributed by atoms with Crippen LogP contribution in [-0.4, -0.2) is 48.4 Å². The van der Waals surface area contributed by atoms with Crippen molar-refractivity contribution in [2.75, 3.05) is 23.3 Å². The number of aromatic nitrogens is 5. The molecule has 1 aliphatic heterocycles. The standard InChI is InChI=1S/C23H21N7O/c1-28-21-10-15(2-3-16(21)11-25-28)20-14-29-9-8-24-23(29)22(27-20)26-17-4-6-18(7-5-17)30-12-19(31)13-30/h2-11,14,19,31H,12-13H2,1H3,(H,26,27). The van der Waals surface area contributed by atoms with Gasteiger partial charge in [-0.3, -0.25) is 4.68 Å². The maximum atomic E-state index is 9.51. The number of nitrogens with one attached hydrogen (secondary N) is 1. The van der Waals surface area contributed by atoms with E-state index in [1.165, 1.54) is 0 Å². The van der Waals surface area contributed by atoms with Crippen molar-refractivity contribution in [1.29, 1.82) is 0 Å². The highest BCUT2D eigenvalue weighted by molar-refractivity contribution is 5.84. The molecule has 1 aliphatic rings. The lowest BCUT2D eigenvalue weighted by Gasteiger charge is -2.37. The zero-order valence-electron chi connectivity index (χ0n) is 17.0. The van der Waals surface area contributed by atoms with Gasteiger partial charge in [0.2, 0.25) is 0 Å². The Kier molecular flexibility index (Phi) is 3.94. The van der Waals surface area contributed by atoms with Crippen molar-refractivity contribution in [1.82, 2.24) is 24.1 Å². The summed E-state index contributed by atoms with van der Waals surface area (Å²) in [6.07, 6.45) is 7.33. The lowest BCUT2D eigenvalue weighted by atomic mass is 10.1. The van der Waals surface area contributed by atoms with Crippen molar-refractivity contribution < 1.29 is 5.11 Å². The smallest absolute Gasteiger partial charge is 0.180 e. The topological polar surface area (TPSA) is 83.5 Å². The molecular formula is C23H21N7O. The minimum Gasteiger partial charge on any atom is -0.389 e. The number of nitrogens with zero attached hydrogens (tertiary/aromatic N) is 6. The molecule has 31 heavy (non-hydrogen) atoms. The van der Waals surface area contributed by atoms with E-state index in [1.54, 1.807) is 6.20 Å². The van der Waals surface area contributed by atoms with Crippen molar-refractivity contribution >= 4 is 33.7 Å². The zero-order valence-corrected chi connectivity index (χ0v) is 17.0. The number of benzene rings is 2. The molecule has 2 N–H and O–H groups in total. The normalized spacial score (nSPS) is 14.3. The fourth-order valence-electron chi connectivity index (χ4n) is 4.02. The summed E-state index contributed by atoms with van der Waals surface area (Å²) in [5.74, 6) is 0.694. The van der Waals surface area contributed by atoms with E-state index in [9.17, 15) is 5.11 Å². The van der Waals surface area contributed by atoms with E-state index in [0.717, 1.165) is 39.2 Å². The summed E-state index contributed by atoms with van der Waals surface area (Å²) < 4.78 is 3.85. The largest absolute Gasteiger partial charge is 0.389 e. The SMILES string of the molecule is Cn1ncc2ccc(-c3cn4ccnc4c(Nc4ccc(N5CC(O)C5)cc4)n3)cc21. The Labute approximate surface area is 178 Å². The predicted molar refractivity (Wildman–Crippen MR) is 121 cm³/mol. The lowest BCUT2D eigenvalue weighted by molar-refractivity contribution is 0.142. The number of β-amino-alcohol motifs (C(OH)–C–C–N with tert-alkyl or cyclic N) is 1. The van der Waals surface area contributed by atoms with Gasteiger partial charge in [-0.15, -0.1) is 0 Å². The Morgan fingerprint density at radius 2 is 1.94 bits per heavy atom. The molecule has 0 radical (unpaired) electrons. The van der Waals surface area contributed by atoms with Gasteiger partial charge in [-0.2, -0.15) is 5.10 Å². The first kappa shape index (κ1) is 17.9. The summed E-state index contributed by atoms with van der Waals surface area (Å²) >= 11 is 0. The molecule has 8 nitrogen and oxygen atoms in total. The molecule has 3 aromatic heterocycles. The molecule has 0 unspecified atom stereocenters. The first-order valence-electron chi connectivity index (χ1n) is 10.2. The van der Waals surface area contributed by atoms with Crippen LogP contribution in [0, 0.1) is 0 Å². The molecule has 8 heteroatoms. The second-order valence-corrected chi connectivity index (χ2v) is 7.91. The highest BCUT2D eigenvalue weighted by Gasteiger charge is 2.24. The maximum Gasteiger partial charge on any atom is 0.180 e. The Morgan fingerprint density at radius 1 is 1.10 bits per heavy atom. The molecule has 0 aliphatic carbocycles. The predicted octanol–water partition coefficient (Wildman–Crippen LogP) is 3.21. The Bertz CT molecular complexity index is 1400. The summed E-state index contributed by atoms with van der Waals surface area (Å²) in [5.41, 5.74) is 5.73. The average molecular weight is 411 g/mol. The molecule has 0 saturated carbocycles. The van der Waals surface area contributed by atoms with Gasteiger partial charge in [-0.1, -0.05) is 12.1 Å². The van der Waals surface area contributed by atoms with Crippen molar-refractivity contribution in [3.63, 3.8) is 0 Å². The van der Waals surface area contributed by atoms with Gasteiger partial charge in [0.1, 0.15) is 0 Å². The van der Waals surface area contributed by atoms with E-state index in [1.807, 2.05) is 46.9 Å². The molecule has 5 aromatic rings. The molecule has 6 rings (SSSR count). The molecule has 1 saturated heterocycles. The summed E-state index contributed by atoms with van der Waals surface area (Å²) in [5, 5.41) is 18.4. The monoisotopic (exact) mass is 411 g/mol. The Balaban J connectivity index is 1.36. The van der Waals surface area contributed by atoms with Crippen LogP contribution in [0.5, 0.6) is 0 Å². The number of aliphatic hydroxyl groups is 1. The van der Waals surface area contributed by atoms with Gasteiger partial charge in [0.15, 0.2) is 11.5 Å². The van der Waals surface area contributed by atoms with Crippen LogP contribution in [0.2, 0.25) is 0 Å². The van der Waals surface area contributed by atoms with Crippen LogP contribution in [0.4, 0.5) is 17.2 Å². The van der Waals surface area contributed by atoms with Crippen LogP contribution < -0.4 is 10.2 Å². The van der Waals surface area contributed by atoms with Gasteiger partial charge in [0, 0.05) is 61.1 Å². The zero-order chi connectivity index (χ0) is 20.9. The lowest BCUT2D eigenvalue weighted by Crippen LogP contribution is -2.50. The van der Waals surface area contributed by atoms with Crippen molar-refractivity contribution in [2.45, 2.75) is 6.10 Å². The number of aryl methyl sites for hydroxylation is 1. The quantitative estimate of drug-likeness (QED) is 0.473. The van der Waals surface area contributed by atoms with Gasteiger partial charge in [0.05, 0.1) is 23.5 Å². The van der Waals surface area contributed by atoms with Crippen LogP contribution in [-0.2, 0) is 7.05 Å². The summed E-state index contributed by atoms with van der Waals surface area (Å²) in [4.78, 5) is 11.5. The molecule has 2 aromatic carbocycles. The van der Waals surface area contributed by atoms with E-state index < -0.39 is 0 Å². The van der Waals surface area contributed by atoms with E-state index in [0.29, 0.717) is 18.9 Å². The summed E-state index contributed by atoms with van der Waals surface area (Å²) in [6, 6.07) is 14.4. The van der Waals surface area contributed by atoms with Gasteiger partial charge >= 0.3 is 0 Å². The van der Waals surface area contributed by atoms with Crippen LogP contribution in [0.25, 0.3) is 27.8 Å². The third-order valence-corrected chi connectivity index (χ3v) is 5.78. The Hall–Kier alpha value is -3.91. The maximum absolute atomic E-state index is 9.51. The number of anilines is 3. The first-order valence-corrected chi connectivity index (χ1v) is 10.2. The molecule has 154 valence electrons. The molecule has 4 heterocycles. The Morgan fingerprint density at radius 3 is 2.74 bits per heavy atom. The van der Waals surface area contributed by atoms with Crippen LogP contribution >= 0.6 is 0 Å². The van der Waals surface area contributed by atoms with Crippen molar-refractivity contribution in [2.24, 2.45) is 7.05 Å². The second kappa shape index (κ2) is 6.82. The minimum absolute atomic E-state index is 0.218. The van der Waals surface area contributed by atoms with E-state index in [2.05, 4.69) is 50.6 Å². The van der Waals surface area contributed by atoms with Crippen molar-refractivity contribution in [3.8, 4) is 11.3 Å². The molecule has 1 fully saturated rings. The molecule has 0 atom stereocenters. The number of aliphatic hydroxyl groups excluding tert-OH is 1. The molecular weight excluding hydrogens is 390 g/mol. The van der Waals surface area contributed by atoms with E-state index in [-0.39, 0.29) is 6.10 Å². The highest BCUT2D eigenvalue weighted by atomic mass is 16.3. The number of hydrogen-bond acceptors (Lipinski definition) is 6. The van der Waals surface area contributed by atoms with Gasteiger partial charge in [-0.25, -0.2) is 9.97 Å². The van der Waals surface area contributed by atoms with Crippen LogP contribution in [0.3, 0.4) is 0 Å². The summed E-state index contributed by atoms with van der Waals surface area (Å²) in [7, 11) is 1.94. The minimum atomic E-state index is -0.218. The molecule has 0 spiro atoms. The number of rotatable bonds is 4. The highest BCUT2D eigenvalue weighted by Crippen LogP contribution is 2.28. The molecule has 0 bridgehead atoms. The summed E-state index contributed by atoms with van der Waals surface area (Å²) in [6.45, 7) is 1.37. The van der Waals surface area contributed by atoms with Crippen molar-refractivity contribution in [3.05, 3.63) is 67.3 Å². The van der Waals surface area contributed by atoms with Gasteiger partial charge < -0.3 is 19.7 Å². The first-order chi connectivity index (χ1) is 15.1. The van der Waals surface area contributed by atoms with E-state index in [4.69, 9.17) is 4.98 Å². The second-order valence-electron chi connectivity index (χ2n) is 7.91. The van der Waals surface area contributed by atoms with Crippen LogP contribution in [0.15, 0.2) is 67.3 Å². The third kappa shape index (κ3) is 3.08. The fraction of sp³-hybridized carbons (Fsp3) is 0.174. The van der Waals surface area contributed by atoms with Gasteiger partial charge in [-0.05, 0) is 30.3 Å². The van der Waals surface area contributed by atoms with E-state index >= 15 is 0 Å². The third-order valence-electron chi connectivity index (χ3n) is 5.78. The number of imidazole rings is 1. The van der Waals surface area contributed by atoms with Gasteiger partial charge in [0.25, 0.3) is 0 Å². The average Bonchev–Trinajstić information content (AvgIpc) is 3.39. The van der Waals surface area contributed by atoms with Crippen LogP contribution in [0.1, 0.15) is 0 Å². The fourth-order valence-corrected chi connectivity index (χ4v) is 4.02.